The zero-order valence-electron chi connectivity index (χ0n) is 12.9. The summed E-state index contributed by atoms with van der Waals surface area (Å²) in [6.45, 7) is 6.22. The van der Waals surface area contributed by atoms with Gasteiger partial charge < -0.3 is 4.90 Å². The summed E-state index contributed by atoms with van der Waals surface area (Å²) in [5.74, 6) is -0.251. The van der Waals surface area contributed by atoms with E-state index in [0.29, 0.717) is 5.56 Å². The summed E-state index contributed by atoms with van der Waals surface area (Å²) in [7, 11) is 0. The molecule has 22 heavy (non-hydrogen) atoms. The van der Waals surface area contributed by atoms with Crippen LogP contribution in [0.25, 0.3) is 0 Å². The van der Waals surface area contributed by atoms with Crippen molar-refractivity contribution in [2.75, 3.05) is 18.0 Å². The Morgan fingerprint density at radius 1 is 1.14 bits per heavy atom. The van der Waals surface area contributed by atoms with Gasteiger partial charge in [-0.05, 0) is 43.7 Å². The molecule has 1 aromatic heterocycles. The summed E-state index contributed by atoms with van der Waals surface area (Å²) in [5, 5.41) is 3.97. The average Bonchev–Trinajstić information content (AvgIpc) is 2.58. The summed E-state index contributed by atoms with van der Waals surface area (Å²) in [6.07, 6.45) is 4.78. The van der Waals surface area contributed by atoms with Crippen molar-refractivity contribution >= 4 is 17.8 Å². The van der Waals surface area contributed by atoms with Crippen LogP contribution in [-0.4, -0.2) is 30.2 Å². The molecule has 1 aromatic carbocycles. The van der Waals surface area contributed by atoms with E-state index < -0.39 is 0 Å². The van der Waals surface area contributed by atoms with Crippen LogP contribution >= 0.6 is 0 Å². The monoisotopic (exact) mass is 296 g/mol. The SMILES string of the molecule is CCN(CC)c1ccc(/C=N/NC(=O)c2ccncc2)cc1. The number of rotatable bonds is 6. The maximum absolute atomic E-state index is 11.8. The molecule has 1 N–H and O–H groups in total. The molecule has 1 heterocycles. The Morgan fingerprint density at radius 2 is 1.77 bits per heavy atom. The second-order valence-electron chi connectivity index (χ2n) is 4.70. The van der Waals surface area contributed by atoms with Gasteiger partial charge in [-0.1, -0.05) is 12.1 Å². The van der Waals surface area contributed by atoms with E-state index in [1.54, 1.807) is 30.7 Å². The lowest BCUT2D eigenvalue weighted by molar-refractivity contribution is 0.0955. The Morgan fingerprint density at radius 3 is 2.36 bits per heavy atom. The lowest BCUT2D eigenvalue weighted by Gasteiger charge is -2.20. The van der Waals surface area contributed by atoms with Crippen LogP contribution in [0, 0.1) is 0 Å². The molecule has 0 atom stereocenters. The molecule has 0 bridgehead atoms. The van der Waals surface area contributed by atoms with E-state index in [4.69, 9.17) is 0 Å². The van der Waals surface area contributed by atoms with Crippen LogP contribution in [0.15, 0.2) is 53.9 Å². The number of nitrogens with zero attached hydrogens (tertiary/aromatic N) is 3. The molecule has 5 heteroatoms. The highest BCUT2D eigenvalue weighted by atomic mass is 16.2. The van der Waals surface area contributed by atoms with Crippen molar-refractivity contribution in [3.05, 3.63) is 59.9 Å². The summed E-state index contributed by atoms with van der Waals surface area (Å²) in [5.41, 5.74) is 5.15. The first-order chi connectivity index (χ1) is 10.7. The zero-order chi connectivity index (χ0) is 15.8. The molecule has 0 aliphatic heterocycles. The Kier molecular flexibility index (Phi) is 5.65. The van der Waals surface area contributed by atoms with E-state index in [1.807, 2.05) is 12.1 Å². The van der Waals surface area contributed by atoms with Crippen LogP contribution in [0.3, 0.4) is 0 Å². The largest absolute Gasteiger partial charge is 0.372 e. The van der Waals surface area contributed by atoms with Crippen LogP contribution in [-0.2, 0) is 0 Å². The molecule has 0 fully saturated rings. The van der Waals surface area contributed by atoms with Crippen molar-refractivity contribution in [1.29, 1.82) is 0 Å². The van der Waals surface area contributed by atoms with Crippen LogP contribution < -0.4 is 10.3 Å². The van der Waals surface area contributed by atoms with Gasteiger partial charge in [-0.2, -0.15) is 5.10 Å². The molecule has 2 rings (SSSR count). The number of amides is 1. The van der Waals surface area contributed by atoms with Crippen molar-refractivity contribution in [3.63, 3.8) is 0 Å². The normalized spacial score (nSPS) is 10.6. The van der Waals surface area contributed by atoms with Gasteiger partial charge in [-0.15, -0.1) is 0 Å². The predicted octanol–water partition coefficient (Wildman–Crippen LogP) is 2.69. The number of hydrogen-bond acceptors (Lipinski definition) is 4. The Labute approximate surface area is 130 Å². The van der Waals surface area contributed by atoms with Gasteiger partial charge in [0.2, 0.25) is 0 Å². The summed E-state index contributed by atoms with van der Waals surface area (Å²) < 4.78 is 0. The number of aromatic nitrogens is 1. The number of pyridine rings is 1. The molecule has 1 amide bonds. The first-order valence-corrected chi connectivity index (χ1v) is 7.33. The highest BCUT2D eigenvalue weighted by molar-refractivity contribution is 5.94. The summed E-state index contributed by atoms with van der Waals surface area (Å²) in [4.78, 5) is 17.9. The van der Waals surface area contributed by atoms with Gasteiger partial charge in [0.05, 0.1) is 6.21 Å². The molecular formula is C17H20N4O. The summed E-state index contributed by atoms with van der Waals surface area (Å²) in [6, 6.07) is 11.4. The molecule has 0 aliphatic carbocycles. The molecule has 0 saturated carbocycles. The van der Waals surface area contributed by atoms with Crippen molar-refractivity contribution in [1.82, 2.24) is 10.4 Å². The molecule has 0 saturated heterocycles. The minimum absolute atomic E-state index is 0.251. The highest BCUT2D eigenvalue weighted by Gasteiger charge is 2.02. The fourth-order valence-electron chi connectivity index (χ4n) is 2.09. The third-order valence-electron chi connectivity index (χ3n) is 3.34. The molecule has 0 aliphatic rings. The third-order valence-corrected chi connectivity index (χ3v) is 3.34. The van der Waals surface area contributed by atoms with Crippen molar-refractivity contribution in [2.24, 2.45) is 5.10 Å². The highest BCUT2D eigenvalue weighted by Crippen LogP contribution is 2.13. The first-order valence-electron chi connectivity index (χ1n) is 7.33. The van der Waals surface area contributed by atoms with Gasteiger partial charge in [0.15, 0.2) is 0 Å². The van der Waals surface area contributed by atoms with Gasteiger partial charge in [0, 0.05) is 36.7 Å². The second-order valence-corrected chi connectivity index (χ2v) is 4.70. The second kappa shape index (κ2) is 7.93. The topological polar surface area (TPSA) is 57.6 Å². The van der Waals surface area contributed by atoms with Crippen LogP contribution in [0.5, 0.6) is 0 Å². The van der Waals surface area contributed by atoms with Crippen LogP contribution in [0.1, 0.15) is 29.8 Å². The number of hydrazone groups is 1. The van der Waals surface area contributed by atoms with Crippen LogP contribution in [0.4, 0.5) is 5.69 Å². The van der Waals surface area contributed by atoms with Crippen LogP contribution in [0.2, 0.25) is 0 Å². The Hall–Kier alpha value is -2.69. The average molecular weight is 296 g/mol. The number of benzene rings is 1. The van der Waals surface area contributed by atoms with Gasteiger partial charge in [0.25, 0.3) is 5.91 Å². The molecule has 0 unspecified atom stereocenters. The van der Waals surface area contributed by atoms with Crippen molar-refractivity contribution in [3.8, 4) is 0 Å². The molecule has 5 nitrogen and oxygen atoms in total. The number of hydrogen-bond donors (Lipinski definition) is 1. The lowest BCUT2D eigenvalue weighted by Crippen LogP contribution is -2.21. The first kappa shape index (κ1) is 15.7. The maximum atomic E-state index is 11.8. The van der Waals surface area contributed by atoms with E-state index >= 15 is 0 Å². The van der Waals surface area contributed by atoms with Crippen molar-refractivity contribution in [2.45, 2.75) is 13.8 Å². The van der Waals surface area contributed by atoms with Gasteiger partial charge in [-0.25, -0.2) is 5.43 Å². The van der Waals surface area contributed by atoms with E-state index in [9.17, 15) is 4.79 Å². The number of anilines is 1. The molecule has 0 spiro atoms. The smallest absolute Gasteiger partial charge is 0.271 e. The van der Waals surface area contributed by atoms with Crippen molar-refractivity contribution < 1.29 is 4.79 Å². The minimum atomic E-state index is -0.251. The summed E-state index contributed by atoms with van der Waals surface area (Å²) >= 11 is 0. The lowest BCUT2D eigenvalue weighted by atomic mass is 10.2. The zero-order valence-corrected chi connectivity index (χ0v) is 12.9. The molecule has 2 aromatic rings. The number of carbonyl (C=O) groups excluding carboxylic acids is 1. The van der Waals surface area contributed by atoms with Gasteiger partial charge in [0.1, 0.15) is 0 Å². The fraction of sp³-hybridized carbons (Fsp3) is 0.235. The van der Waals surface area contributed by atoms with Gasteiger partial charge >= 0.3 is 0 Å². The fourth-order valence-corrected chi connectivity index (χ4v) is 2.09. The van der Waals surface area contributed by atoms with E-state index in [1.165, 1.54) is 5.69 Å². The minimum Gasteiger partial charge on any atom is -0.372 e. The Balaban J connectivity index is 1.95. The van der Waals surface area contributed by atoms with E-state index in [2.05, 4.69) is 46.4 Å². The van der Waals surface area contributed by atoms with E-state index in [0.717, 1.165) is 18.7 Å². The molecular weight excluding hydrogens is 276 g/mol. The molecule has 0 radical (unpaired) electrons. The Bertz CT molecular complexity index is 619. The standard InChI is InChI=1S/C17H20N4O/c1-3-21(4-2)16-7-5-14(6-8-16)13-19-20-17(22)15-9-11-18-12-10-15/h5-13H,3-4H2,1-2H3,(H,20,22)/b19-13+. The molecule has 114 valence electrons. The van der Waals surface area contributed by atoms with E-state index in [-0.39, 0.29) is 5.91 Å². The quantitative estimate of drug-likeness (QED) is 0.658. The van der Waals surface area contributed by atoms with Gasteiger partial charge in [-0.3, -0.25) is 9.78 Å². The predicted molar refractivity (Wildman–Crippen MR) is 89.3 cm³/mol. The number of carbonyl (C=O) groups is 1. The number of nitrogens with one attached hydrogen (secondary N) is 1. The third kappa shape index (κ3) is 4.15. The maximum Gasteiger partial charge on any atom is 0.271 e.